The van der Waals surface area contributed by atoms with Gasteiger partial charge in [0, 0.05) is 6.20 Å². The van der Waals surface area contributed by atoms with E-state index in [2.05, 4.69) is 50.0 Å². The van der Waals surface area contributed by atoms with E-state index in [9.17, 15) is 0 Å². The predicted octanol–water partition coefficient (Wildman–Crippen LogP) is 4.93. The summed E-state index contributed by atoms with van der Waals surface area (Å²) in [4.78, 5) is 4.24. The molecule has 0 bridgehead atoms. The smallest absolute Gasteiger partial charge is 0.0761 e. The third kappa shape index (κ3) is 4.19. The molecule has 0 aliphatic carbocycles. The van der Waals surface area contributed by atoms with Gasteiger partial charge in [-0.1, -0.05) is 68.2 Å². The van der Waals surface area contributed by atoms with Gasteiger partial charge in [-0.05, 0) is 29.0 Å². The fourth-order valence-electron chi connectivity index (χ4n) is 2.19. The second-order valence-corrected chi connectivity index (χ2v) is 7.12. The van der Waals surface area contributed by atoms with E-state index < -0.39 is 0 Å². The fraction of sp³-hybridized carbons (Fsp3) is 0.353. The summed E-state index contributed by atoms with van der Waals surface area (Å²) in [5.74, 6) is 0. The predicted molar refractivity (Wildman–Crippen MR) is 90.0 cm³/mol. The Hall–Kier alpha value is -1.09. The van der Waals surface area contributed by atoms with Crippen molar-refractivity contribution < 1.29 is 0 Å². The van der Waals surface area contributed by atoms with Crippen LogP contribution in [-0.2, 0) is 11.8 Å². The zero-order valence-corrected chi connectivity index (χ0v) is 14.0. The molecule has 4 heteroatoms. The first-order chi connectivity index (χ1) is 9.77. The highest BCUT2D eigenvalue weighted by molar-refractivity contribution is 6.34. The molecule has 1 aromatic carbocycles. The minimum absolute atomic E-state index is 0.154. The molecule has 1 atom stereocenters. The van der Waals surface area contributed by atoms with Crippen LogP contribution in [0.1, 0.15) is 43.6 Å². The van der Waals surface area contributed by atoms with Crippen molar-refractivity contribution in [2.75, 3.05) is 0 Å². The van der Waals surface area contributed by atoms with Crippen LogP contribution in [-0.4, -0.2) is 4.98 Å². The molecule has 2 aromatic rings. The summed E-state index contributed by atoms with van der Waals surface area (Å²) in [5.41, 5.74) is 9.53. The molecular formula is C17H20Cl2N2. The van der Waals surface area contributed by atoms with Crippen molar-refractivity contribution in [3.63, 3.8) is 0 Å². The van der Waals surface area contributed by atoms with Gasteiger partial charge >= 0.3 is 0 Å². The van der Waals surface area contributed by atoms with Crippen molar-refractivity contribution >= 4 is 23.2 Å². The molecule has 1 heterocycles. The van der Waals surface area contributed by atoms with Crippen LogP contribution < -0.4 is 5.73 Å². The van der Waals surface area contributed by atoms with Crippen LogP contribution in [0.5, 0.6) is 0 Å². The number of rotatable bonds is 3. The number of pyridine rings is 1. The van der Waals surface area contributed by atoms with Gasteiger partial charge < -0.3 is 5.73 Å². The summed E-state index contributed by atoms with van der Waals surface area (Å²) in [6.45, 7) is 6.60. The van der Waals surface area contributed by atoms with Crippen molar-refractivity contribution in [2.45, 2.75) is 38.6 Å². The maximum absolute atomic E-state index is 6.21. The number of hydrogen-bond acceptors (Lipinski definition) is 2. The Balaban J connectivity index is 2.14. The quantitative estimate of drug-likeness (QED) is 0.870. The van der Waals surface area contributed by atoms with Crippen LogP contribution in [0.2, 0.25) is 10.0 Å². The third-order valence-corrected chi connectivity index (χ3v) is 3.97. The van der Waals surface area contributed by atoms with Crippen molar-refractivity contribution in [3.8, 4) is 0 Å². The summed E-state index contributed by atoms with van der Waals surface area (Å²) in [5, 5.41) is 1.03. The molecule has 1 aromatic heterocycles. The standard InChI is InChI=1S/C17H20Cl2N2/c1-17(2,3)12-6-4-11(5-7-12)8-15(20)16-14(19)9-13(18)10-21-16/h4-7,9-10,15H,8,20H2,1-3H3. The van der Waals surface area contributed by atoms with E-state index in [1.54, 1.807) is 12.3 Å². The zero-order chi connectivity index (χ0) is 15.6. The highest BCUT2D eigenvalue weighted by Crippen LogP contribution is 2.26. The lowest BCUT2D eigenvalue weighted by Crippen LogP contribution is -2.16. The number of benzene rings is 1. The van der Waals surface area contributed by atoms with E-state index in [4.69, 9.17) is 28.9 Å². The van der Waals surface area contributed by atoms with E-state index in [-0.39, 0.29) is 11.5 Å². The number of hydrogen-bond donors (Lipinski definition) is 1. The molecule has 0 spiro atoms. The van der Waals surface area contributed by atoms with Gasteiger partial charge in [-0.15, -0.1) is 0 Å². The minimum atomic E-state index is -0.241. The molecule has 0 aliphatic heterocycles. The van der Waals surface area contributed by atoms with E-state index in [1.165, 1.54) is 11.1 Å². The van der Waals surface area contributed by atoms with Gasteiger partial charge in [0.1, 0.15) is 0 Å². The maximum atomic E-state index is 6.21. The SMILES string of the molecule is CC(C)(C)c1ccc(CC(N)c2ncc(Cl)cc2Cl)cc1. The van der Waals surface area contributed by atoms with Crippen LogP contribution in [0.15, 0.2) is 36.5 Å². The molecule has 0 saturated heterocycles. The highest BCUT2D eigenvalue weighted by atomic mass is 35.5. The van der Waals surface area contributed by atoms with E-state index in [0.717, 1.165) is 0 Å². The summed E-state index contributed by atoms with van der Waals surface area (Å²) >= 11 is 12.0. The molecule has 0 aliphatic rings. The number of halogens is 2. The van der Waals surface area contributed by atoms with Gasteiger partial charge in [0.15, 0.2) is 0 Å². The van der Waals surface area contributed by atoms with Crippen molar-refractivity contribution in [3.05, 3.63) is 63.4 Å². The Morgan fingerprint density at radius 3 is 2.29 bits per heavy atom. The van der Waals surface area contributed by atoms with Crippen LogP contribution in [0, 0.1) is 0 Å². The lowest BCUT2D eigenvalue weighted by Gasteiger charge is -2.19. The van der Waals surface area contributed by atoms with Crippen LogP contribution >= 0.6 is 23.2 Å². The summed E-state index contributed by atoms with van der Waals surface area (Å²) in [6.07, 6.45) is 2.27. The lowest BCUT2D eigenvalue weighted by atomic mass is 9.86. The van der Waals surface area contributed by atoms with Gasteiger partial charge in [0.2, 0.25) is 0 Å². The Morgan fingerprint density at radius 1 is 1.14 bits per heavy atom. The van der Waals surface area contributed by atoms with Gasteiger partial charge in [-0.2, -0.15) is 0 Å². The van der Waals surface area contributed by atoms with Crippen molar-refractivity contribution in [1.29, 1.82) is 0 Å². The van der Waals surface area contributed by atoms with Gasteiger partial charge in [0.25, 0.3) is 0 Å². The van der Waals surface area contributed by atoms with Gasteiger partial charge in [-0.3, -0.25) is 4.98 Å². The molecule has 0 saturated carbocycles. The second-order valence-electron chi connectivity index (χ2n) is 6.28. The average molecular weight is 323 g/mol. The maximum Gasteiger partial charge on any atom is 0.0761 e. The van der Waals surface area contributed by atoms with Crippen molar-refractivity contribution in [1.82, 2.24) is 4.98 Å². The minimum Gasteiger partial charge on any atom is -0.322 e. The fourth-order valence-corrected chi connectivity index (χ4v) is 2.71. The largest absolute Gasteiger partial charge is 0.322 e. The molecule has 112 valence electrons. The number of aromatic nitrogens is 1. The third-order valence-electron chi connectivity index (χ3n) is 3.46. The summed E-state index contributed by atoms with van der Waals surface area (Å²) < 4.78 is 0. The van der Waals surface area contributed by atoms with Crippen LogP contribution in [0.4, 0.5) is 0 Å². The molecular weight excluding hydrogens is 303 g/mol. The van der Waals surface area contributed by atoms with Crippen LogP contribution in [0.3, 0.4) is 0 Å². The van der Waals surface area contributed by atoms with Crippen molar-refractivity contribution in [2.24, 2.45) is 5.73 Å². The topological polar surface area (TPSA) is 38.9 Å². The van der Waals surface area contributed by atoms with Gasteiger partial charge in [0.05, 0.1) is 21.8 Å². The zero-order valence-electron chi connectivity index (χ0n) is 12.5. The first-order valence-corrected chi connectivity index (χ1v) is 7.69. The monoisotopic (exact) mass is 322 g/mol. The Morgan fingerprint density at radius 2 is 1.76 bits per heavy atom. The Bertz CT molecular complexity index is 616. The molecule has 0 fully saturated rings. The number of nitrogens with zero attached hydrogens (tertiary/aromatic N) is 1. The molecule has 0 amide bonds. The second kappa shape index (κ2) is 6.35. The Labute approximate surface area is 136 Å². The molecule has 2 nitrogen and oxygen atoms in total. The van der Waals surface area contributed by atoms with Gasteiger partial charge in [-0.25, -0.2) is 0 Å². The van der Waals surface area contributed by atoms with E-state index in [0.29, 0.717) is 22.2 Å². The lowest BCUT2D eigenvalue weighted by molar-refractivity contribution is 0.589. The van der Waals surface area contributed by atoms with Crippen LogP contribution in [0.25, 0.3) is 0 Å². The molecule has 2 N–H and O–H groups in total. The van der Waals surface area contributed by atoms with E-state index >= 15 is 0 Å². The number of nitrogens with two attached hydrogens (primary N) is 1. The van der Waals surface area contributed by atoms with E-state index in [1.807, 2.05) is 0 Å². The molecule has 21 heavy (non-hydrogen) atoms. The molecule has 2 rings (SSSR count). The first kappa shape index (κ1) is 16.3. The highest BCUT2D eigenvalue weighted by Gasteiger charge is 2.15. The Kier molecular flexibility index (Phi) is 4.92. The summed E-state index contributed by atoms with van der Waals surface area (Å²) in [6, 6.07) is 9.97. The average Bonchev–Trinajstić information content (AvgIpc) is 2.38. The molecule has 0 radical (unpaired) electrons. The summed E-state index contributed by atoms with van der Waals surface area (Å²) in [7, 11) is 0. The normalized spacial score (nSPS) is 13.2. The first-order valence-electron chi connectivity index (χ1n) is 6.93. The molecule has 1 unspecified atom stereocenters.